The Morgan fingerprint density at radius 1 is 1.32 bits per heavy atom. The number of thiazole rings is 1. The molecule has 3 rings (SSSR count). The molecule has 0 saturated carbocycles. The lowest BCUT2D eigenvalue weighted by Gasteiger charge is -2.18. The highest BCUT2D eigenvalue weighted by Crippen LogP contribution is 2.36. The molecule has 0 unspecified atom stereocenters. The van der Waals surface area contributed by atoms with E-state index in [0.29, 0.717) is 6.54 Å². The summed E-state index contributed by atoms with van der Waals surface area (Å²) in [6.45, 7) is 4.42. The average Bonchev–Trinajstić information content (AvgIpc) is 3.12. The van der Waals surface area contributed by atoms with Crippen LogP contribution in [-0.2, 0) is 11.2 Å². The second kappa shape index (κ2) is 8.71. The number of nitrogens with two attached hydrogens (primary N) is 1. The minimum Gasteiger partial charge on any atom is -0.454 e. The second-order valence-electron chi connectivity index (χ2n) is 6.15. The van der Waals surface area contributed by atoms with Crippen LogP contribution in [0.5, 0.6) is 11.5 Å². The number of aromatic nitrogens is 1. The number of hydrogen-bond acceptors (Lipinski definition) is 6. The van der Waals surface area contributed by atoms with Crippen molar-refractivity contribution in [2.75, 3.05) is 13.3 Å². The van der Waals surface area contributed by atoms with Crippen LogP contribution in [0.4, 0.5) is 0 Å². The SMILES string of the molecule is CC(C)(N)CNC(=O)Cc1csc(-c2ccc3c(c2)OCO3)n1.Cl.Cl. The van der Waals surface area contributed by atoms with Crippen LogP contribution in [0.2, 0.25) is 0 Å². The number of ether oxygens (including phenoxy) is 2. The molecule has 1 aliphatic rings. The molecule has 138 valence electrons. The molecule has 3 N–H and O–H groups in total. The zero-order valence-electron chi connectivity index (χ0n) is 13.9. The van der Waals surface area contributed by atoms with Gasteiger partial charge in [-0.2, -0.15) is 0 Å². The Morgan fingerprint density at radius 3 is 2.76 bits per heavy atom. The predicted octanol–water partition coefficient (Wildman–Crippen LogP) is 2.78. The third kappa shape index (κ3) is 5.74. The fourth-order valence-electron chi connectivity index (χ4n) is 2.10. The number of nitrogens with one attached hydrogen (secondary N) is 1. The van der Waals surface area contributed by atoms with E-state index in [4.69, 9.17) is 15.2 Å². The fraction of sp³-hybridized carbons (Fsp3) is 0.375. The first-order chi connectivity index (χ1) is 10.9. The molecule has 2 heterocycles. The van der Waals surface area contributed by atoms with E-state index in [9.17, 15) is 4.79 Å². The van der Waals surface area contributed by atoms with E-state index < -0.39 is 5.54 Å². The van der Waals surface area contributed by atoms with Gasteiger partial charge in [0.2, 0.25) is 12.7 Å². The minimum absolute atomic E-state index is 0. The Kier molecular flexibility index (Phi) is 7.49. The molecule has 0 fully saturated rings. The average molecular weight is 406 g/mol. The van der Waals surface area contributed by atoms with Gasteiger partial charge in [0.1, 0.15) is 5.01 Å². The van der Waals surface area contributed by atoms with Gasteiger partial charge in [0.25, 0.3) is 0 Å². The fourth-order valence-corrected chi connectivity index (χ4v) is 2.92. The molecule has 1 amide bonds. The zero-order chi connectivity index (χ0) is 16.4. The van der Waals surface area contributed by atoms with Gasteiger partial charge in [-0.1, -0.05) is 0 Å². The Hall–Kier alpha value is -1.54. The van der Waals surface area contributed by atoms with E-state index in [0.717, 1.165) is 27.8 Å². The predicted molar refractivity (Wildman–Crippen MR) is 103 cm³/mol. The van der Waals surface area contributed by atoms with E-state index in [1.807, 2.05) is 37.4 Å². The first-order valence-electron chi connectivity index (χ1n) is 7.31. The van der Waals surface area contributed by atoms with Crippen molar-refractivity contribution < 1.29 is 14.3 Å². The van der Waals surface area contributed by atoms with Crippen LogP contribution >= 0.6 is 36.2 Å². The summed E-state index contributed by atoms with van der Waals surface area (Å²) in [5.74, 6) is 1.39. The van der Waals surface area contributed by atoms with Crippen LogP contribution in [0.1, 0.15) is 19.5 Å². The summed E-state index contributed by atoms with van der Waals surface area (Å²) >= 11 is 1.50. The van der Waals surface area contributed by atoms with Gasteiger partial charge in [0.05, 0.1) is 12.1 Å². The van der Waals surface area contributed by atoms with Crippen molar-refractivity contribution in [1.82, 2.24) is 10.3 Å². The van der Waals surface area contributed by atoms with Gasteiger partial charge in [-0.15, -0.1) is 36.2 Å². The summed E-state index contributed by atoms with van der Waals surface area (Å²) in [4.78, 5) is 16.4. The van der Waals surface area contributed by atoms with Crippen molar-refractivity contribution in [1.29, 1.82) is 0 Å². The number of benzene rings is 1. The topological polar surface area (TPSA) is 86.5 Å². The van der Waals surface area contributed by atoms with Gasteiger partial charge in [0, 0.05) is 23.0 Å². The summed E-state index contributed by atoms with van der Waals surface area (Å²) in [5.41, 5.74) is 7.13. The van der Waals surface area contributed by atoms with Gasteiger partial charge < -0.3 is 20.5 Å². The van der Waals surface area contributed by atoms with E-state index >= 15 is 0 Å². The summed E-state index contributed by atoms with van der Waals surface area (Å²) in [7, 11) is 0. The molecule has 1 aromatic heterocycles. The molecular weight excluding hydrogens is 385 g/mol. The van der Waals surface area contributed by atoms with Crippen molar-refractivity contribution in [3.05, 3.63) is 29.3 Å². The van der Waals surface area contributed by atoms with Crippen molar-refractivity contribution in [3.63, 3.8) is 0 Å². The maximum absolute atomic E-state index is 11.9. The molecule has 25 heavy (non-hydrogen) atoms. The second-order valence-corrected chi connectivity index (χ2v) is 7.01. The van der Waals surface area contributed by atoms with E-state index in [-0.39, 0.29) is 43.9 Å². The molecular formula is C16H21Cl2N3O3S. The van der Waals surface area contributed by atoms with Crippen molar-refractivity contribution >= 4 is 42.1 Å². The number of rotatable bonds is 5. The third-order valence-electron chi connectivity index (χ3n) is 3.25. The van der Waals surface area contributed by atoms with Crippen LogP contribution in [0.3, 0.4) is 0 Å². The van der Waals surface area contributed by atoms with E-state index in [2.05, 4.69) is 10.3 Å². The molecule has 1 aromatic carbocycles. The van der Waals surface area contributed by atoms with Gasteiger partial charge in [-0.25, -0.2) is 4.98 Å². The number of amides is 1. The Bertz CT molecular complexity index is 732. The lowest BCUT2D eigenvalue weighted by Crippen LogP contribution is -2.45. The van der Waals surface area contributed by atoms with Crippen molar-refractivity contribution in [2.45, 2.75) is 25.8 Å². The van der Waals surface area contributed by atoms with Crippen molar-refractivity contribution in [3.8, 4) is 22.1 Å². The standard InChI is InChI=1S/C16H19N3O3S.2ClH/c1-16(2,17)8-18-14(20)6-11-7-23-15(19-11)10-3-4-12-13(5-10)22-9-21-12;;/h3-5,7H,6,8-9,17H2,1-2H3,(H,18,20);2*1H. The summed E-state index contributed by atoms with van der Waals surface area (Å²) in [5, 5.41) is 5.57. The lowest BCUT2D eigenvalue weighted by atomic mass is 10.1. The molecule has 0 atom stereocenters. The molecule has 0 bridgehead atoms. The number of carbonyl (C=O) groups excluding carboxylic acids is 1. The first-order valence-corrected chi connectivity index (χ1v) is 8.19. The van der Waals surface area contributed by atoms with Crippen molar-refractivity contribution in [2.24, 2.45) is 5.73 Å². The number of fused-ring (bicyclic) bond motifs is 1. The first kappa shape index (κ1) is 21.5. The number of hydrogen-bond donors (Lipinski definition) is 2. The van der Waals surface area contributed by atoms with Gasteiger partial charge in [0.15, 0.2) is 11.5 Å². The molecule has 0 aliphatic carbocycles. The molecule has 2 aromatic rings. The maximum atomic E-state index is 11.9. The van der Waals surface area contributed by atoms with Crippen LogP contribution in [0, 0.1) is 0 Å². The molecule has 0 saturated heterocycles. The molecule has 0 spiro atoms. The van der Waals surface area contributed by atoms with Gasteiger partial charge in [-0.05, 0) is 32.0 Å². The molecule has 1 aliphatic heterocycles. The number of carbonyl (C=O) groups is 1. The zero-order valence-corrected chi connectivity index (χ0v) is 16.4. The van der Waals surface area contributed by atoms with Gasteiger partial charge in [-0.3, -0.25) is 4.79 Å². The van der Waals surface area contributed by atoms with Crippen LogP contribution in [0.15, 0.2) is 23.6 Å². The highest BCUT2D eigenvalue weighted by atomic mass is 35.5. The largest absolute Gasteiger partial charge is 0.454 e. The third-order valence-corrected chi connectivity index (χ3v) is 4.19. The van der Waals surface area contributed by atoms with Crippen LogP contribution in [-0.4, -0.2) is 29.8 Å². The molecule has 0 radical (unpaired) electrons. The monoisotopic (exact) mass is 405 g/mol. The quantitative estimate of drug-likeness (QED) is 0.798. The molecule has 9 heteroatoms. The summed E-state index contributed by atoms with van der Waals surface area (Å²) in [6.07, 6.45) is 0.247. The Balaban J connectivity index is 0.00000156. The summed E-state index contributed by atoms with van der Waals surface area (Å²) < 4.78 is 10.7. The van der Waals surface area contributed by atoms with E-state index in [1.54, 1.807) is 0 Å². The maximum Gasteiger partial charge on any atom is 0.231 e. The van der Waals surface area contributed by atoms with Crippen LogP contribution in [0.25, 0.3) is 10.6 Å². The minimum atomic E-state index is -0.421. The van der Waals surface area contributed by atoms with Gasteiger partial charge >= 0.3 is 0 Å². The van der Waals surface area contributed by atoms with E-state index in [1.165, 1.54) is 11.3 Å². The van der Waals surface area contributed by atoms with Crippen LogP contribution < -0.4 is 20.5 Å². The smallest absolute Gasteiger partial charge is 0.231 e. The highest BCUT2D eigenvalue weighted by molar-refractivity contribution is 7.13. The lowest BCUT2D eigenvalue weighted by molar-refractivity contribution is -0.120. The Labute approximate surface area is 162 Å². The highest BCUT2D eigenvalue weighted by Gasteiger charge is 2.16. The normalized spacial score (nSPS) is 12.1. The number of nitrogens with zero attached hydrogens (tertiary/aromatic N) is 1. The summed E-state index contributed by atoms with van der Waals surface area (Å²) in [6, 6.07) is 5.71. The number of halogens is 2. The Morgan fingerprint density at radius 2 is 2.04 bits per heavy atom. The molecule has 6 nitrogen and oxygen atoms in total.